The first-order valence-corrected chi connectivity index (χ1v) is 12.1. The van der Waals surface area contributed by atoms with Crippen molar-refractivity contribution in [3.8, 4) is 5.75 Å². The van der Waals surface area contributed by atoms with Gasteiger partial charge in [0, 0.05) is 32.5 Å². The van der Waals surface area contributed by atoms with Crippen molar-refractivity contribution in [1.82, 2.24) is 4.98 Å². The van der Waals surface area contributed by atoms with Crippen molar-refractivity contribution in [3.63, 3.8) is 0 Å². The Bertz CT molecular complexity index is 1140. The van der Waals surface area contributed by atoms with Gasteiger partial charge in [-0.1, -0.05) is 70.2 Å². The van der Waals surface area contributed by atoms with E-state index in [2.05, 4.69) is 93.5 Å². The topological polar surface area (TPSA) is 36.0 Å². The third-order valence-corrected chi connectivity index (χ3v) is 10.3. The van der Waals surface area contributed by atoms with Gasteiger partial charge in [0.25, 0.3) is 0 Å². The minimum absolute atomic E-state index is 0.263. The molecular formula is C25H29NOS. The fourth-order valence-corrected chi connectivity index (χ4v) is 8.14. The lowest BCUT2D eigenvalue weighted by Gasteiger charge is -2.40. The van der Waals surface area contributed by atoms with Crippen LogP contribution in [0.5, 0.6) is 5.75 Å². The lowest BCUT2D eigenvalue weighted by molar-refractivity contribution is 0.453. The number of phenolic OH excluding ortho intramolecular Hbond substituents is 1. The number of benzene rings is 3. The summed E-state index contributed by atoms with van der Waals surface area (Å²) in [6.45, 7) is 8.88. The zero-order valence-electron chi connectivity index (χ0n) is 17.1. The Morgan fingerprint density at radius 1 is 0.893 bits per heavy atom. The average Bonchev–Trinajstić information content (AvgIpc) is 3.14. The second-order valence-electron chi connectivity index (χ2n) is 7.67. The summed E-state index contributed by atoms with van der Waals surface area (Å²) < 4.78 is 0. The van der Waals surface area contributed by atoms with Crippen LogP contribution in [0.15, 0.2) is 70.6 Å². The molecule has 3 heteroatoms. The summed E-state index contributed by atoms with van der Waals surface area (Å²) >= 11 is 0. The van der Waals surface area contributed by atoms with Gasteiger partial charge in [0.2, 0.25) is 0 Å². The van der Waals surface area contributed by atoms with Crippen LogP contribution in [0.2, 0.25) is 0 Å². The van der Waals surface area contributed by atoms with Crippen molar-refractivity contribution in [2.45, 2.75) is 43.4 Å². The number of hydrogen-bond donors (Lipinski definition) is 2. The highest BCUT2D eigenvalue weighted by atomic mass is 32.3. The molecular weight excluding hydrogens is 362 g/mol. The highest BCUT2D eigenvalue weighted by Gasteiger charge is 2.32. The zero-order chi connectivity index (χ0) is 19.9. The Kier molecular flexibility index (Phi) is 4.88. The van der Waals surface area contributed by atoms with Crippen LogP contribution in [0.4, 0.5) is 0 Å². The lowest BCUT2D eigenvalue weighted by Crippen LogP contribution is -2.09. The van der Waals surface area contributed by atoms with Gasteiger partial charge in [-0.2, -0.15) is 10.0 Å². The second-order valence-corrected chi connectivity index (χ2v) is 11.5. The molecule has 0 saturated heterocycles. The molecule has 0 atom stereocenters. The Balaban J connectivity index is 2.09. The summed E-state index contributed by atoms with van der Waals surface area (Å²) in [4.78, 5) is 5.95. The molecule has 28 heavy (non-hydrogen) atoms. The van der Waals surface area contributed by atoms with E-state index in [4.69, 9.17) is 0 Å². The number of fused-ring (bicyclic) bond motifs is 2. The Hall–Kier alpha value is -2.39. The molecule has 0 fully saturated rings. The molecule has 4 rings (SSSR count). The highest BCUT2D eigenvalue weighted by molar-refractivity contribution is 8.34. The molecule has 0 aliphatic rings. The first-order valence-electron chi connectivity index (χ1n) is 10.1. The summed E-state index contributed by atoms with van der Waals surface area (Å²) in [6.07, 6.45) is 2.18. The quantitative estimate of drug-likeness (QED) is 0.365. The van der Waals surface area contributed by atoms with Crippen LogP contribution < -0.4 is 0 Å². The zero-order valence-corrected chi connectivity index (χ0v) is 17.9. The largest absolute Gasteiger partial charge is 0.507 e. The molecule has 0 radical (unpaired) electrons. The predicted octanol–water partition coefficient (Wildman–Crippen LogP) is 7.41. The van der Waals surface area contributed by atoms with E-state index >= 15 is 0 Å². The lowest BCUT2D eigenvalue weighted by atomic mass is 9.95. The summed E-state index contributed by atoms with van der Waals surface area (Å²) in [5.74, 6) is 2.78. The number of aromatic amines is 1. The van der Waals surface area contributed by atoms with Gasteiger partial charge >= 0.3 is 0 Å². The number of nitrogens with one attached hydrogen (secondary N) is 1. The summed E-state index contributed by atoms with van der Waals surface area (Å²) in [5, 5.41) is 15.2. The third-order valence-electron chi connectivity index (χ3n) is 5.98. The molecule has 3 aromatic carbocycles. The maximum atomic E-state index is 11.5. The fraction of sp³-hybridized carbons (Fsp3) is 0.280. The normalized spacial score (nSPS) is 12.9. The molecule has 0 bridgehead atoms. The maximum absolute atomic E-state index is 11.5. The van der Waals surface area contributed by atoms with E-state index in [0.717, 1.165) is 27.4 Å². The monoisotopic (exact) mass is 391 g/mol. The summed E-state index contributed by atoms with van der Waals surface area (Å²) in [7, 11) is -1.37. The molecule has 1 heterocycles. The number of aromatic nitrogens is 1. The van der Waals surface area contributed by atoms with Crippen molar-refractivity contribution < 1.29 is 5.11 Å². The molecule has 1 aromatic heterocycles. The first-order chi connectivity index (χ1) is 13.5. The van der Waals surface area contributed by atoms with Gasteiger partial charge in [-0.15, -0.1) is 0 Å². The van der Waals surface area contributed by atoms with Gasteiger partial charge in [-0.3, -0.25) is 0 Å². The van der Waals surface area contributed by atoms with Crippen LogP contribution in [0.1, 0.15) is 39.2 Å². The highest BCUT2D eigenvalue weighted by Crippen LogP contribution is 2.67. The minimum Gasteiger partial charge on any atom is -0.507 e. The van der Waals surface area contributed by atoms with Gasteiger partial charge in [0.1, 0.15) is 5.75 Å². The predicted molar refractivity (Wildman–Crippen MR) is 123 cm³/mol. The number of aromatic hydroxyl groups is 1. The van der Waals surface area contributed by atoms with E-state index < -0.39 is 10.0 Å². The van der Waals surface area contributed by atoms with Crippen LogP contribution in [-0.4, -0.2) is 21.6 Å². The average molecular weight is 392 g/mol. The molecule has 146 valence electrons. The maximum Gasteiger partial charge on any atom is 0.132 e. The van der Waals surface area contributed by atoms with Crippen LogP contribution in [-0.2, 0) is 0 Å². The van der Waals surface area contributed by atoms with E-state index in [9.17, 15) is 5.11 Å². The molecule has 0 unspecified atom stereocenters. The molecule has 0 aliphatic carbocycles. The van der Waals surface area contributed by atoms with Crippen LogP contribution >= 0.6 is 10.0 Å². The van der Waals surface area contributed by atoms with Gasteiger partial charge < -0.3 is 10.1 Å². The number of H-pyrrole nitrogens is 1. The van der Waals surface area contributed by atoms with Crippen LogP contribution in [0.3, 0.4) is 0 Å². The number of rotatable bonds is 5. The minimum atomic E-state index is -1.37. The number of phenols is 1. The first kappa shape index (κ1) is 18.9. The Labute approximate surface area is 168 Å². The Morgan fingerprint density at radius 3 is 2.21 bits per heavy atom. The standard InChI is InChI=1S/C25H29NOS/c1-5-28(6-2,23-16-26-21-14-10-9-13-20(21)23)22-15-18-11-7-8-12-19(18)24(17(3)4)25(22)27/h7-17,26-27H,5-6H2,1-4H3. The SMILES string of the molecule is CCS(CC)(c1cc2ccccc2c(C(C)C)c1O)c1c[nH]c2ccccc12. The molecule has 2 nitrogen and oxygen atoms in total. The molecule has 0 aliphatic heterocycles. The van der Waals surface area contributed by atoms with Gasteiger partial charge in [-0.05, 0) is 40.3 Å². The van der Waals surface area contributed by atoms with Crippen molar-refractivity contribution >= 4 is 31.7 Å². The van der Waals surface area contributed by atoms with E-state index in [1.54, 1.807) is 0 Å². The van der Waals surface area contributed by atoms with E-state index in [1.165, 1.54) is 21.2 Å². The van der Waals surface area contributed by atoms with Gasteiger partial charge in [0.15, 0.2) is 0 Å². The van der Waals surface area contributed by atoms with Crippen molar-refractivity contribution in [1.29, 1.82) is 0 Å². The number of hydrogen-bond acceptors (Lipinski definition) is 1. The fourth-order valence-electron chi connectivity index (χ4n) is 4.53. The second kappa shape index (κ2) is 7.21. The molecule has 4 aromatic rings. The summed E-state index contributed by atoms with van der Waals surface area (Å²) in [6, 6.07) is 19.2. The van der Waals surface area contributed by atoms with Crippen LogP contribution in [0, 0.1) is 0 Å². The van der Waals surface area contributed by atoms with Crippen LogP contribution in [0.25, 0.3) is 21.7 Å². The van der Waals surface area contributed by atoms with Crippen molar-refractivity contribution in [3.05, 3.63) is 66.4 Å². The van der Waals surface area contributed by atoms with E-state index in [0.29, 0.717) is 5.75 Å². The van der Waals surface area contributed by atoms with Crippen molar-refractivity contribution in [2.75, 3.05) is 11.5 Å². The number of para-hydroxylation sites is 1. The van der Waals surface area contributed by atoms with E-state index in [-0.39, 0.29) is 5.92 Å². The molecule has 0 saturated carbocycles. The molecule has 0 spiro atoms. The van der Waals surface area contributed by atoms with Gasteiger partial charge in [-0.25, -0.2) is 0 Å². The smallest absolute Gasteiger partial charge is 0.132 e. The van der Waals surface area contributed by atoms with Crippen molar-refractivity contribution in [2.24, 2.45) is 0 Å². The van der Waals surface area contributed by atoms with E-state index in [1.807, 2.05) is 0 Å². The molecule has 0 amide bonds. The summed E-state index contributed by atoms with van der Waals surface area (Å²) in [5.41, 5.74) is 2.24. The molecule has 2 N–H and O–H groups in total. The van der Waals surface area contributed by atoms with Gasteiger partial charge in [0.05, 0.1) is 0 Å². The Morgan fingerprint density at radius 2 is 1.54 bits per heavy atom. The third kappa shape index (κ3) is 2.72.